The molecule has 7 nitrogen and oxygen atoms in total. The fourth-order valence-corrected chi connectivity index (χ4v) is 2.10. The first-order valence-corrected chi connectivity index (χ1v) is 9.02. The van der Waals surface area contributed by atoms with Crippen molar-refractivity contribution >= 4 is 11.9 Å². The summed E-state index contributed by atoms with van der Waals surface area (Å²) < 4.78 is 10.9. The van der Waals surface area contributed by atoms with Crippen LogP contribution in [0.15, 0.2) is 29.3 Å². The van der Waals surface area contributed by atoms with E-state index < -0.39 is 0 Å². The topological polar surface area (TPSA) is 75.2 Å². The lowest BCUT2D eigenvalue weighted by molar-refractivity contribution is -0.127. The molecule has 26 heavy (non-hydrogen) atoms. The minimum Gasteiger partial charge on any atom is -0.379 e. The van der Waals surface area contributed by atoms with Crippen LogP contribution in [0.2, 0.25) is 0 Å². The Labute approximate surface area is 156 Å². The van der Waals surface area contributed by atoms with Gasteiger partial charge in [0, 0.05) is 27.2 Å². The van der Waals surface area contributed by atoms with Crippen LogP contribution >= 0.6 is 0 Å². The Hall–Kier alpha value is -2.12. The second-order valence-corrected chi connectivity index (χ2v) is 5.91. The average molecular weight is 364 g/mol. The van der Waals surface area contributed by atoms with Crippen molar-refractivity contribution in [2.45, 2.75) is 27.0 Å². The van der Waals surface area contributed by atoms with E-state index in [1.165, 1.54) is 0 Å². The number of nitrogens with zero attached hydrogens (tertiary/aromatic N) is 2. The minimum atomic E-state index is 0.00167. The fraction of sp³-hybridized carbons (Fsp3) is 0.579. The van der Waals surface area contributed by atoms with E-state index in [0.29, 0.717) is 38.9 Å². The lowest BCUT2D eigenvalue weighted by Gasteiger charge is -2.14. The molecule has 0 aromatic heterocycles. The van der Waals surface area contributed by atoms with E-state index >= 15 is 0 Å². The van der Waals surface area contributed by atoms with Gasteiger partial charge in [0.05, 0.1) is 32.9 Å². The largest absolute Gasteiger partial charge is 0.379 e. The summed E-state index contributed by atoms with van der Waals surface area (Å²) >= 11 is 0. The Balaban J connectivity index is 2.54. The van der Waals surface area contributed by atoms with Crippen molar-refractivity contribution in [2.75, 3.05) is 47.0 Å². The number of benzene rings is 1. The standard InChI is InChI=1S/C19H32N4O3/c1-5-20-19(22-14-18(24)23(3)4)21-13-16-8-7-9-17(12-16)15-26-11-10-25-6-2/h7-9,12H,5-6,10-11,13-15H2,1-4H3,(H2,20,21,22). The monoisotopic (exact) mass is 364 g/mol. The summed E-state index contributed by atoms with van der Waals surface area (Å²) in [6.45, 7) is 7.90. The number of ether oxygens (including phenoxy) is 2. The third kappa shape index (κ3) is 9.39. The molecule has 1 aromatic carbocycles. The minimum absolute atomic E-state index is 0.00167. The second-order valence-electron chi connectivity index (χ2n) is 5.91. The molecule has 0 aliphatic carbocycles. The zero-order chi connectivity index (χ0) is 19.2. The Morgan fingerprint density at radius 2 is 1.85 bits per heavy atom. The molecule has 0 saturated carbocycles. The summed E-state index contributed by atoms with van der Waals surface area (Å²) in [5.74, 6) is 0.628. The number of aliphatic imine (C=N–C) groups is 1. The predicted molar refractivity (Wildman–Crippen MR) is 104 cm³/mol. The molecule has 2 N–H and O–H groups in total. The zero-order valence-corrected chi connectivity index (χ0v) is 16.4. The highest BCUT2D eigenvalue weighted by atomic mass is 16.5. The average Bonchev–Trinajstić information content (AvgIpc) is 2.63. The number of carbonyl (C=O) groups excluding carboxylic acids is 1. The van der Waals surface area contributed by atoms with Crippen molar-refractivity contribution in [1.82, 2.24) is 15.5 Å². The van der Waals surface area contributed by atoms with Crippen LogP contribution in [0.25, 0.3) is 0 Å². The third-order valence-corrected chi connectivity index (χ3v) is 3.51. The van der Waals surface area contributed by atoms with Crippen LogP contribution in [0.4, 0.5) is 0 Å². The SMILES string of the molecule is CCNC(=NCc1cccc(COCCOCC)c1)NCC(=O)N(C)C. The lowest BCUT2D eigenvalue weighted by Crippen LogP contribution is -2.42. The van der Waals surface area contributed by atoms with Gasteiger partial charge in [-0.25, -0.2) is 4.99 Å². The number of hydrogen-bond acceptors (Lipinski definition) is 4. The van der Waals surface area contributed by atoms with E-state index in [-0.39, 0.29) is 12.5 Å². The summed E-state index contributed by atoms with van der Waals surface area (Å²) in [5, 5.41) is 6.19. The molecule has 0 heterocycles. The lowest BCUT2D eigenvalue weighted by atomic mass is 10.1. The smallest absolute Gasteiger partial charge is 0.241 e. The van der Waals surface area contributed by atoms with Crippen LogP contribution in [0, 0.1) is 0 Å². The Kier molecular flexibility index (Phi) is 11.1. The van der Waals surface area contributed by atoms with Crippen LogP contribution in [0.1, 0.15) is 25.0 Å². The van der Waals surface area contributed by atoms with Gasteiger partial charge in [0.2, 0.25) is 5.91 Å². The molecule has 1 rings (SSSR count). The van der Waals surface area contributed by atoms with Gasteiger partial charge in [-0.3, -0.25) is 4.79 Å². The Morgan fingerprint density at radius 1 is 1.12 bits per heavy atom. The van der Waals surface area contributed by atoms with E-state index in [1.54, 1.807) is 19.0 Å². The summed E-state index contributed by atoms with van der Waals surface area (Å²) in [4.78, 5) is 17.8. The van der Waals surface area contributed by atoms with E-state index in [2.05, 4.69) is 21.7 Å². The van der Waals surface area contributed by atoms with Crippen LogP contribution in [-0.4, -0.2) is 63.8 Å². The van der Waals surface area contributed by atoms with Gasteiger partial charge in [0.1, 0.15) is 0 Å². The van der Waals surface area contributed by atoms with Crippen molar-refractivity contribution < 1.29 is 14.3 Å². The molecular weight excluding hydrogens is 332 g/mol. The normalized spacial score (nSPS) is 11.3. The number of likely N-dealkylation sites (N-methyl/N-ethyl adjacent to an activating group) is 1. The van der Waals surface area contributed by atoms with Gasteiger partial charge in [0.15, 0.2) is 5.96 Å². The third-order valence-electron chi connectivity index (χ3n) is 3.51. The number of nitrogens with one attached hydrogen (secondary N) is 2. The first-order valence-electron chi connectivity index (χ1n) is 9.02. The summed E-state index contributed by atoms with van der Waals surface area (Å²) in [5.41, 5.74) is 2.20. The molecule has 0 radical (unpaired) electrons. The van der Waals surface area contributed by atoms with Gasteiger partial charge in [-0.1, -0.05) is 24.3 Å². The number of carbonyl (C=O) groups is 1. The number of guanidine groups is 1. The van der Waals surface area contributed by atoms with Gasteiger partial charge in [-0.2, -0.15) is 0 Å². The quantitative estimate of drug-likeness (QED) is 0.353. The van der Waals surface area contributed by atoms with Gasteiger partial charge >= 0.3 is 0 Å². The van der Waals surface area contributed by atoms with Crippen LogP contribution in [-0.2, 0) is 27.4 Å². The number of amides is 1. The van der Waals surface area contributed by atoms with Crippen LogP contribution in [0.5, 0.6) is 0 Å². The first kappa shape index (κ1) is 21.9. The molecule has 1 aromatic rings. The predicted octanol–water partition coefficient (Wildman–Crippen LogP) is 1.38. The maximum atomic E-state index is 11.7. The fourth-order valence-electron chi connectivity index (χ4n) is 2.10. The molecule has 0 aliphatic heterocycles. The zero-order valence-electron chi connectivity index (χ0n) is 16.4. The van der Waals surface area contributed by atoms with Crippen molar-refractivity contribution in [2.24, 2.45) is 4.99 Å². The summed E-state index contributed by atoms with van der Waals surface area (Å²) in [6, 6.07) is 8.15. The molecule has 0 unspecified atom stereocenters. The van der Waals surface area contributed by atoms with Gasteiger partial charge in [-0.15, -0.1) is 0 Å². The first-order chi connectivity index (χ1) is 12.6. The number of rotatable bonds is 11. The van der Waals surface area contributed by atoms with Crippen molar-refractivity contribution in [1.29, 1.82) is 0 Å². The van der Waals surface area contributed by atoms with Crippen LogP contribution < -0.4 is 10.6 Å². The van der Waals surface area contributed by atoms with Crippen molar-refractivity contribution in [3.63, 3.8) is 0 Å². The summed E-state index contributed by atoms with van der Waals surface area (Å²) in [6.07, 6.45) is 0. The molecular formula is C19H32N4O3. The van der Waals surface area contributed by atoms with Crippen molar-refractivity contribution in [3.8, 4) is 0 Å². The van der Waals surface area contributed by atoms with E-state index in [0.717, 1.165) is 17.7 Å². The molecule has 0 bridgehead atoms. The van der Waals surface area contributed by atoms with E-state index in [1.807, 2.05) is 32.0 Å². The summed E-state index contributed by atoms with van der Waals surface area (Å²) in [7, 11) is 3.46. The molecule has 0 fully saturated rings. The molecule has 0 spiro atoms. The van der Waals surface area contributed by atoms with Crippen LogP contribution in [0.3, 0.4) is 0 Å². The number of hydrogen-bond donors (Lipinski definition) is 2. The van der Waals surface area contributed by atoms with Gasteiger partial charge < -0.3 is 25.0 Å². The molecule has 146 valence electrons. The molecule has 0 saturated heterocycles. The molecule has 7 heteroatoms. The Morgan fingerprint density at radius 3 is 2.54 bits per heavy atom. The van der Waals surface area contributed by atoms with E-state index in [4.69, 9.17) is 9.47 Å². The second kappa shape index (κ2) is 13.1. The maximum Gasteiger partial charge on any atom is 0.241 e. The molecule has 0 atom stereocenters. The maximum absolute atomic E-state index is 11.7. The van der Waals surface area contributed by atoms with Gasteiger partial charge in [0.25, 0.3) is 0 Å². The highest BCUT2D eigenvalue weighted by Crippen LogP contribution is 2.08. The Bertz CT molecular complexity index is 561. The highest BCUT2D eigenvalue weighted by molar-refractivity contribution is 5.86. The molecule has 1 amide bonds. The van der Waals surface area contributed by atoms with Gasteiger partial charge in [-0.05, 0) is 25.0 Å². The highest BCUT2D eigenvalue weighted by Gasteiger charge is 2.05. The van der Waals surface area contributed by atoms with E-state index in [9.17, 15) is 4.79 Å². The molecule has 0 aliphatic rings. The van der Waals surface area contributed by atoms with Crippen molar-refractivity contribution in [3.05, 3.63) is 35.4 Å².